The number of hydrogen-bond acceptors (Lipinski definition) is 2. The van der Waals surface area contributed by atoms with E-state index < -0.39 is 0 Å². The zero-order valence-corrected chi connectivity index (χ0v) is 8.29. The number of rotatable bonds is 2. The Labute approximate surface area is 88.4 Å². The molecule has 0 heterocycles. The molecule has 0 aromatic carbocycles. The Morgan fingerprint density at radius 2 is 2.33 bits per heavy atom. The van der Waals surface area contributed by atoms with Gasteiger partial charge in [0.2, 0.25) is 0 Å². The molecule has 0 atom stereocenters. The Morgan fingerprint density at radius 3 is 2.33 bits per heavy atom. The van der Waals surface area contributed by atoms with E-state index in [4.69, 9.17) is 0 Å². The maximum atomic E-state index is 4.39. The standard InChI is InChI=1S/C3H8OS.K.H/c1-2-3-4-5;;/h5H,2-3H2,1H3;;/q;+1;-1. The second-order valence-corrected chi connectivity index (χ2v) is 1.09. The van der Waals surface area contributed by atoms with E-state index in [-0.39, 0.29) is 52.8 Å². The molecule has 34 valence electrons. The molecule has 0 spiro atoms. The van der Waals surface area contributed by atoms with Crippen LogP contribution in [0.15, 0.2) is 0 Å². The van der Waals surface area contributed by atoms with Gasteiger partial charge in [-0.1, -0.05) is 6.92 Å². The molecule has 3 heteroatoms. The van der Waals surface area contributed by atoms with Gasteiger partial charge in [-0.3, -0.25) is 0 Å². The van der Waals surface area contributed by atoms with Crippen LogP contribution >= 0.6 is 12.9 Å². The number of thiol groups is 1. The van der Waals surface area contributed by atoms with E-state index in [9.17, 15) is 0 Å². The van der Waals surface area contributed by atoms with E-state index in [0.717, 1.165) is 13.0 Å². The quantitative estimate of drug-likeness (QED) is 0.270. The van der Waals surface area contributed by atoms with Gasteiger partial charge in [-0.15, -0.1) is 0 Å². The van der Waals surface area contributed by atoms with E-state index in [2.05, 4.69) is 17.1 Å². The molecule has 0 radical (unpaired) electrons. The first-order valence-corrected chi connectivity index (χ1v) is 2.04. The second-order valence-electron chi connectivity index (χ2n) is 0.833. The predicted octanol–water partition coefficient (Wildman–Crippen LogP) is -1.63. The minimum atomic E-state index is 0. The molecule has 0 saturated heterocycles. The molecule has 0 amide bonds. The fraction of sp³-hybridized carbons (Fsp3) is 1.00. The normalized spacial score (nSPS) is 7.00. The van der Waals surface area contributed by atoms with Crippen molar-refractivity contribution in [2.24, 2.45) is 0 Å². The maximum absolute atomic E-state index is 4.39. The van der Waals surface area contributed by atoms with Gasteiger partial charge in [-0.05, 0) is 19.3 Å². The molecular weight excluding hydrogens is 123 g/mol. The van der Waals surface area contributed by atoms with Gasteiger partial charge in [0.1, 0.15) is 0 Å². The molecule has 0 saturated carbocycles. The van der Waals surface area contributed by atoms with Crippen LogP contribution < -0.4 is 51.4 Å². The average Bonchev–Trinajstić information content (AvgIpc) is 1.41. The maximum Gasteiger partial charge on any atom is 1.00 e. The van der Waals surface area contributed by atoms with Crippen molar-refractivity contribution >= 4 is 12.9 Å². The van der Waals surface area contributed by atoms with Gasteiger partial charge >= 0.3 is 51.4 Å². The van der Waals surface area contributed by atoms with Gasteiger partial charge in [-0.2, -0.15) is 0 Å². The summed E-state index contributed by atoms with van der Waals surface area (Å²) in [5.41, 5.74) is 0. The zero-order valence-electron chi connectivity index (χ0n) is 5.27. The Morgan fingerprint density at radius 1 is 1.83 bits per heavy atom. The van der Waals surface area contributed by atoms with Gasteiger partial charge in [0.05, 0.1) is 6.61 Å². The second kappa shape index (κ2) is 10.0. The molecule has 6 heavy (non-hydrogen) atoms. The molecule has 0 N–H and O–H groups in total. The Hall–Kier alpha value is 1.95. The fourth-order valence-electron chi connectivity index (χ4n) is 0.0913. The SMILES string of the molecule is CCCOS.[H-].[K+]. The fourth-order valence-corrected chi connectivity index (χ4v) is 0.274. The van der Waals surface area contributed by atoms with Crippen molar-refractivity contribution in [3.05, 3.63) is 0 Å². The molecule has 0 fully saturated rings. The van der Waals surface area contributed by atoms with Crippen molar-refractivity contribution in [1.29, 1.82) is 0 Å². The van der Waals surface area contributed by atoms with Crippen molar-refractivity contribution in [1.82, 2.24) is 0 Å². The number of hydrogen-bond donors (Lipinski definition) is 1. The molecule has 0 aromatic heterocycles. The van der Waals surface area contributed by atoms with Crippen LogP contribution in [0, 0.1) is 0 Å². The summed E-state index contributed by atoms with van der Waals surface area (Å²) in [4.78, 5) is 0. The average molecular weight is 132 g/mol. The largest absolute Gasteiger partial charge is 1.00 e. The molecule has 0 bridgehead atoms. The van der Waals surface area contributed by atoms with Crippen LogP contribution in [0.1, 0.15) is 14.8 Å². The summed E-state index contributed by atoms with van der Waals surface area (Å²) >= 11 is 3.50. The van der Waals surface area contributed by atoms with Crippen LogP contribution in [-0.2, 0) is 4.18 Å². The van der Waals surface area contributed by atoms with Crippen molar-refractivity contribution in [3.63, 3.8) is 0 Å². The van der Waals surface area contributed by atoms with Gasteiger partial charge < -0.3 is 5.61 Å². The predicted molar refractivity (Wildman–Crippen MR) is 26.3 cm³/mol. The van der Waals surface area contributed by atoms with Gasteiger partial charge in [-0.25, -0.2) is 0 Å². The Balaban J connectivity index is -0.0000000800. The molecule has 0 aromatic rings. The molecule has 0 unspecified atom stereocenters. The van der Waals surface area contributed by atoms with Crippen LogP contribution in [0.25, 0.3) is 0 Å². The van der Waals surface area contributed by atoms with E-state index >= 15 is 0 Å². The zero-order chi connectivity index (χ0) is 4.12. The van der Waals surface area contributed by atoms with Gasteiger partial charge in [0.15, 0.2) is 0 Å². The summed E-state index contributed by atoms with van der Waals surface area (Å²) in [5.74, 6) is 0. The summed E-state index contributed by atoms with van der Waals surface area (Å²) in [5, 5.41) is 0. The smallest absolute Gasteiger partial charge is 1.00 e. The third-order valence-electron chi connectivity index (χ3n) is 0.295. The summed E-state index contributed by atoms with van der Waals surface area (Å²) < 4.78 is 4.39. The molecular formula is C3H9KOS. The molecule has 0 rings (SSSR count). The van der Waals surface area contributed by atoms with E-state index in [1.807, 2.05) is 6.92 Å². The van der Waals surface area contributed by atoms with Crippen molar-refractivity contribution in [3.8, 4) is 0 Å². The molecule has 0 aliphatic heterocycles. The molecule has 0 aliphatic rings. The minimum absolute atomic E-state index is 0. The Bertz CT molecular complexity index is 22.4. The summed E-state index contributed by atoms with van der Waals surface area (Å²) in [7, 11) is 0. The molecule has 1 nitrogen and oxygen atoms in total. The first-order chi connectivity index (χ1) is 2.41. The monoisotopic (exact) mass is 132 g/mol. The van der Waals surface area contributed by atoms with Crippen LogP contribution in [0.4, 0.5) is 0 Å². The van der Waals surface area contributed by atoms with Crippen molar-refractivity contribution < 1.29 is 57.0 Å². The van der Waals surface area contributed by atoms with E-state index in [1.54, 1.807) is 0 Å². The first-order valence-electron chi connectivity index (χ1n) is 1.68. The third kappa shape index (κ3) is 9.34. The van der Waals surface area contributed by atoms with Crippen LogP contribution in [0.2, 0.25) is 0 Å². The summed E-state index contributed by atoms with van der Waals surface area (Å²) in [6.07, 6.45) is 1.05. The van der Waals surface area contributed by atoms with Crippen LogP contribution in [0.3, 0.4) is 0 Å². The van der Waals surface area contributed by atoms with E-state index in [1.165, 1.54) is 0 Å². The first kappa shape index (κ1) is 10.8. The minimum Gasteiger partial charge on any atom is -1.00 e. The third-order valence-corrected chi connectivity index (χ3v) is 0.478. The van der Waals surface area contributed by atoms with Gasteiger partial charge in [0, 0.05) is 0 Å². The van der Waals surface area contributed by atoms with E-state index in [0.29, 0.717) is 0 Å². The van der Waals surface area contributed by atoms with Crippen LogP contribution in [0.5, 0.6) is 0 Å². The van der Waals surface area contributed by atoms with Gasteiger partial charge in [0.25, 0.3) is 0 Å². The summed E-state index contributed by atoms with van der Waals surface area (Å²) in [6, 6.07) is 0. The molecule has 0 aliphatic carbocycles. The summed E-state index contributed by atoms with van der Waals surface area (Å²) in [6.45, 7) is 2.79. The van der Waals surface area contributed by atoms with Crippen molar-refractivity contribution in [2.45, 2.75) is 13.3 Å². The van der Waals surface area contributed by atoms with Crippen LogP contribution in [-0.4, -0.2) is 6.61 Å². The topological polar surface area (TPSA) is 9.23 Å². The Kier molecular flexibility index (Phi) is 18.1. The van der Waals surface area contributed by atoms with Crippen molar-refractivity contribution in [2.75, 3.05) is 6.61 Å².